The number of nitrogens with one attached hydrogen (secondary N) is 2. The van der Waals surface area contributed by atoms with Crippen LogP contribution in [0.2, 0.25) is 0 Å². The summed E-state index contributed by atoms with van der Waals surface area (Å²) in [5.41, 5.74) is 1.11. The largest absolute Gasteiger partial charge is 0.297 e. The third kappa shape index (κ3) is 3.15. The molecule has 2 N–H and O–H groups in total. The van der Waals surface area contributed by atoms with Crippen LogP contribution in [0.5, 0.6) is 0 Å². The number of azo groups is 1. The van der Waals surface area contributed by atoms with Crippen molar-refractivity contribution < 1.29 is 0 Å². The van der Waals surface area contributed by atoms with E-state index in [-0.39, 0.29) is 27.9 Å². The van der Waals surface area contributed by atoms with Crippen LogP contribution in [0.3, 0.4) is 0 Å². The number of rotatable bonds is 2. The molecule has 2 aromatic rings. The molecule has 0 atom stereocenters. The van der Waals surface area contributed by atoms with Gasteiger partial charge in [0.05, 0.1) is 11.4 Å². The number of nitriles is 1. The lowest BCUT2D eigenvalue weighted by atomic mass is 9.90. The summed E-state index contributed by atoms with van der Waals surface area (Å²) in [5, 5.41) is 27.5. The summed E-state index contributed by atoms with van der Waals surface area (Å²) in [6.07, 6.45) is 0. The minimum absolute atomic E-state index is 0.186. The fraction of sp³-hybridized carbons (Fsp3) is 0.562. The zero-order valence-electron chi connectivity index (χ0n) is 15.1. The van der Waals surface area contributed by atoms with Gasteiger partial charge in [-0.15, -0.1) is 10.2 Å². The lowest BCUT2D eigenvalue weighted by Crippen LogP contribution is -2.13. The van der Waals surface area contributed by atoms with E-state index < -0.39 is 0 Å². The van der Waals surface area contributed by atoms with Gasteiger partial charge in [0.2, 0.25) is 5.82 Å². The van der Waals surface area contributed by atoms with Crippen molar-refractivity contribution in [1.82, 2.24) is 20.0 Å². The SMILES string of the molecule is Cn1[nH]c(C(C)(C)C)c(N=Nc2n[nH]c(C(C)(C)C)c2C#N)c1=O. The molecular weight excluding hydrogens is 306 g/mol. The second-order valence-electron chi connectivity index (χ2n) is 7.81. The smallest absolute Gasteiger partial charge is 0.294 e. The number of hydrogen-bond donors (Lipinski definition) is 2. The summed E-state index contributed by atoms with van der Waals surface area (Å²) < 4.78 is 1.37. The van der Waals surface area contributed by atoms with Crippen molar-refractivity contribution in [2.75, 3.05) is 0 Å². The Morgan fingerprint density at radius 2 is 1.67 bits per heavy atom. The number of nitrogens with zero attached hydrogens (tertiary/aromatic N) is 5. The van der Waals surface area contributed by atoms with Gasteiger partial charge in [0.15, 0.2) is 5.69 Å². The van der Waals surface area contributed by atoms with Crippen LogP contribution >= 0.6 is 0 Å². The molecular formula is C16H23N7O. The highest BCUT2D eigenvalue weighted by Crippen LogP contribution is 2.31. The van der Waals surface area contributed by atoms with E-state index in [1.165, 1.54) is 4.68 Å². The van der Waals surface area contributed by atoms with Crippen molar-refractivity contribution in [2.45, 2.75) is 52.4 Å². The summed E-state index contributed by atoms with van der Waals surface area (Å²) in [6.45, 7) is 11.9. The Balaban J connectivity index is 2.53. The van der Waals surface area contributed by atoms with Gasteiger partial charge < -0.3 is 0 Å². The van der Waals surface area contributed by atoms with Gasteiger partial charge in [-0.1, -0.05) is 41.5 Å². The van der Waals surface area contributed by atoms with Gasteiger partial charge in [-0.3, -0.25) is 19.7 Å². The molecule has 0 fully saturated rings. The van der Waals surface area contributed by atoms with Crippen molar-refractivity contribution in [3.8, 4) is 6.07 Å². The molecule has 0 unspecified atom stereocenters. The van der Waals surface area contributed by atoms with Crippen molar-refractivity contribution in [2.24, 2.45) is 17.3 Å². The Morgan fingerprint density at radius 3 is 2.17 bits per heavy atom. The summed E-state index contributed by atoms with van der Waals surface area (Å²) in [6, 6.07) is 2.11. The van der Waals surface area contributed by atoms with Gasteiger partial charge in [-0.2, -0.15) is 10.4 Å². The topological polar surface area (TPSA) is 115 Å². The number of aromatic amines is 2. The van der Waals surface area contributed by atoms with Crippen LogP contribution in [-0.2, 0) is 17.9 Å². The summed E-state index contributed by atoms with van der Waals surface area (Å²) >= 11 is 0. The first-order valence-corrected chi connectivity index (χ1v) is 7.67. The van der Waals surface area contributed by atoms with Crippen LogP contribution < -0.4 is 5.56 Å². The molecule has 24 heavy (non-hydrogen) atoms. The molecule has 0 saturated heterocycles. The molecule has 0 aliphatic carbocycles. The molecule has 0 amide bonds. The molecule has 0 radical (unpaired) electrons. The van der Waals surface area contributed by atoms with Gasteiger partial charge >= 0.3 is 0 Å². The molecule has 0 aromatic carbocycles. The highest BCUT2D eigenvalue weighted by atomic mass is 16.1. The van der Waals surface area contributed by atoms with E-state index in [9.17, 15) is 10.1 Å². The van der Waals surface area contributed by atoms with Crippen LogP contribution in [0.15, 0.2) is 15.0 Å². The zero-order chi connectivity index (χ0) is 18.3. The molecule has 2 aromatic heterocycles. The second-order valence-corrected chi connectivity index (χ2v) is 7.81. The minimum Gasteiger partial charge on any atom is -0.297 e. The fourth-order valence-corrected chi connectivity index (χ4v) is 2.30. The Labute approximate surface area is 140 Å². The predicted molar refractivity (Wildman–Crippen MR) is 90.9 cm³/mol. The number of hydrogen-bond acceptors (Lipinski definition) is 5. The number of H-pyrrole nitrogens is 2. The van der Waals surface area contributed by atoms with Crippen molar-refractivity contribution in [1.29, 1.82) is 5.26 Å². The molecule has 0 saturated carbocycles. The van der Waals surface area contributed by atoms with Gasteiger partial charge in [0.1, 0.15) is 11.6 Å². The van der Waals surface area contributed by atoms with Crippen molar-refractivity contribution >= 4 is 11.5 Å². The molecule has 8 nitrogen and oxygen atoms in total. The third-order valence-electron chi connectivity index (χ3n) is 3.63. The Kier molecular flexibility index (Phi) is 4.23. The standard InChI is InChI=1S/C16H23N7O/c1-15(2,3)11-9(8-17)13(21-19-11)20-18-10-12(16(4,5)6)22-23(7)14(10)24/h22H,1-7H3,(H,19,21). The Bertz CT molecular complexity index is 876. The second kappa shape index (κ2) is 5.74. The normalized spacial score (nSPS) is 12.8. The van der Waals surface area contributed by atoms with E-state index in [1.54, 1.807) is 7.05 Å². The minimum atomic E-state index is -0.297. The number of aromatic nitrogens is 4. The van der Waals surface area contributed by atoms with Crippen LogP contribution in [0, 0.1) is 11.3 Å². The molecule has 2 heterocycles. The van der Waals surface area contributed by atoms with Gasteiger partial charge in [-0.25, -0.2) is 0 Å². The van der Waals surface area contributed by atoms with E-state index in [1.807, 2.05) is 41.5 Å². The molecule has 8 heteroatoms. The van der Waals surface area contributed by atoms with Crippen LogP contribution in [0.25, 0.3) is 0 Å². The molecule has 0 aliphatic rings. The molecule has 0 spiro atoms. The maximum atomic E-state index is 12.3. The van der Waals surface area contributed by atoms with Crippen molar-refractivity contribution in [3.05, 3.63) is 27.3 Å². The first kappa shape index (κ1) is 17.7. The van der Waals surface area contributed by atoms with E-state index in [0.29, 0.717) is 17.0 Å². The summed E-state index contributed by atoms with van der Waals surface area (Å²) in [7, 11) is 1.63. The quantitative estimate of drug-likeness (QED) is 0.823. The maximum Gasteiger partial charge on any atom is 0.294 e. The summed E-state index contributed by atoms with van der Waals surface area (Å²) in [4.78, 5) is 12.3. The Hall–Kier alpha value is -2.69. The van der Waals surface area contributed by atoms with Gasteiger partial charge in [-0.05, 0) is 0 Å². The maximum absolute atomic E-state index is 12.3. The van der Waals surface area contributed by atoms with Crippen LogP contribution in [0.1, 0.15) is 58.5 Å². The summed E-state index contributed by atoms with van der Waals surface area (Å²) in [5.74, 6) is 0.186. The first-order valence-electron chi connectivity index (χ1n) is 7.67. The van der Waals surface area contributed by atoms with Crippen LogP contribution in [0.4, 0.5) is 11.5 Å². The molecule has 0 bridgehead atoms. The van der Waals surface area contributed by atoms with Crippen LogP contribution in [-0.4, -0.2) is 20.0 Å². The van der Waals surface area contributed by atoms with E-state index >= 15 is 0 Å². The molecule has 0 aliphatic heterocycles. The molecule has 2 rings (SSSR count). The van der Waals surface area contributed by atoms with Crippen molar-refractivity contribution in [3.63, 3.8) is 0 Å². The predicted octanol–water partition coefficient (Wildman–Crippen LogP) is 3.32. The van der Waals surface area contributed by atoms with Gasteiger partial charge in [0.25, 0.3) is 5.56 Å². The highest BCUT2D eigenvalue weighted by molar-refractivity contribution is 5.53. The van der Waals surface area contributed by atoms with E-state index in [2.05, 4.69) is 31.6 Å². The lowest BCUT2D eigenvalue weighted by Gasteiger charge is -2.16. The lowest BCUT2D eigenvalue weighted by molar-refractivity contribution is 0.552. The fourth-order valence-electron chi connectivity index (χ4n) is 2.30. The third-order valence-corrected chi connectivity index (χ3v) is 3.63. The zero-order valence-corrected chi connectivity index (χ0v) is 15.1. The molecule has 128 valence electrons. The van der Waals surface area contributed by atoms with E-state index in [4.69, 9.17) is 0 Å². The number of aryl methyl sites for hydroxylation is 1. The van der Waals surface area contributed by atoms with Gasteiger partial charge in [0, 0.05) is 17.9 Å². The monoisotopic (exact) mass is 329 g/mol. The Morgan fingerprint density at radius 1 is 1.08 bits per heavy atom. The average Bonchev–Trinajstić information content (AvgIpc) is 2.98. The average molecular weight is 329 g/mol. The highest BCUT2D eigenvalue weighted by Gasteiger charge is 2.26. The first-order chi connectivity index (χ1) is 11.0. The van der Waals surface area contributed by atoms with E-state index in [0.717, 1.165) is 0 Å².